The lowest BCUT2D eigenvalue weighted by atomic mass is 10.4. The summed E-state index contributed by atoms with van der Waals surface area (Å²) in [5, 5.41) is 4.10. The van der Waals surface area contributed by atoms with E-state index in [1.165, 1.54) is 10.9 Å². The van der Waals surface area contributed by atoms with E-state index in [1.807, 2.05) is 0 Å². The lowest BCUT2D eigenvalue weighted by Gasteiger charge is -2.07. The van der Waals surface area contributed by atoms with Gasteiger partial charge in [-0.3, -0.25) is 9.40 Å². The van der Waals surface area contributed by atoms with E-state index in [-0.39, 0.29) is 10.7 Å². The number of halogens is 1. The Hall–Kier alpha value is -1.41. The molecule has 0 unspecified atom stereocenters. The Kier molecular flexibility index (Phi) is 3.64. The first-order valence-corrected chi connectivity index (χ1v) is 7.73. The Morgan fingerprint density at radius 1 is 1.37 bits per heavy atom. The van der Waals surface area contributed by atoms with Crippen molar-refractivity contribution in [2.24, 2.45) is 7.05 Å². The summed E-state index contributed by atoms with van der Waals surface area (Å²) in [5.41, 5.74) is 1.04. The third kappa shape index (κ3) is 2.79. The van der Waals surface area contributed by atoms with Crippen LogP contribution in [0.25, 0.3) is 0 Å². The summed E-state index contributed by atoms with van der Waals surface area (Å²) in [6.07, 6.45) is 1.52. The Balaban J connectivity index is 2.44. The van der Waals surface area contributed by atoms with Gasteiger partial charge < -0.3 is 0 Å². The number of hydrogen-bond acceptors (Lipinski definition) is 4. The van der Waals surface area contributed by atoms with Crippen LogP contribution in [0.1, 0.15) is 11.4 Å². The Labute approximate surface area is 120 Å². The molecule has 8 heteroatoms. The molecule has 2 aromatic heterocycles. The number of anilines is 1. The van der Waals surface area contributed by atoms with E-state index in [0.29, 0.717) is 11.4 Å². The van der Waals surface area contributed by atoms with Crippen LogP contribution in [0.15, 0.2) is 27.7 Å². The van der Waals surface area contributed by atoms with Crippen LogP contribution in [0.3, 0.4) is 0 Å². The van der Waals surface area contributed by atoms with E-state index in [9.17, 15) is 8.42 Å². The average molecular weight is 345 g/mol. The SMILES string of the molecule is Cc1nn(C)c(C)c1S(=O)(=O)Nc1cc(Br)ccn1. The van der Waals surface area contributed by atoms with Crippen molar-refractivity contribution < 1.29 is 8.42 Å². The van der Waals surface area contributed by atoms with Crippen LogP contribution in [0, 0.1) is 13.8 Å². The summed E-state index contributed by atoms with van der Waals surface area (Å²) in [5.74, 6) is 0.261. The first kappa shape index (κ1) is 14.0. The molecule has 102 valence electrons. The third-order valence-electron chi connectivity index (χ3n) is 2.67. The van der Waals surface area contributed by atoms with Gasteiger partial charge in [-0.15, -0.1) is 0 Å². The lowest BCUT2D eigenvalue weighted by molar-refractivity contribution is 0.599. The maximum Gasteiger partial charge on any atom is 0.266 e. The molecule has 19 heavy (non-hydrogen) atoms. The lowest BCUT2D eigenvalue weighted by Crippen LogP contribution is -2.15. The molecule has 0 aromatic carbocycles. The number of pyridine rings is 1. The van der Waals surface area contributed by atoms with Gasteiger partial charge in [0, 0.05) is 17.7 Å². The van der Waals surface area contributed by atoms with Gasteiger partial charge in [-0.05, 0) is 26.0 Å². The normalized spacial score (nSPS) is 11.6. The average Bonchev–Trinajstić information content (AvgIpc) is 2.52. The molecule has 0 atom stereocenters. The minimum atomic E-state index is -3.69. The molecule has 6 nitrogen and oxygen atoms in total. The molecule has 1 N–H and O–H groups in total. The quantitative estimate of drug-likeness (QED) is 0.923. The van der Waals surface area contributed by atoms with E-state index in [4.69, 9.17) is 0 Å². The van der Waals surface area contributed by atoms with Gasteiger partial charge in [0.2, 0.25) is 0 Å². The first-order chi connectivity index (χ1) is 8.81. The molecule has 2 rings (SSSR count). The molecule has 0 saturated heterocycles. The number of aryl methyl sites for hydroxylation is 2. The van der Waals surface area contributed by atoms with Crippen LogP contribution in [0.4, 0.5) is 5.82 Å². The molecule has 2 heterocycles. The topological polar surface area (TPSA) is 76.9 Å². The van der Waals surface area contributed by atoms with Crippen LogP contribution in [0.5, 0.6) is 0 Å². The van der Waals surface area contributed by atoms with Crippen LogP contribution in [-0.2, 0) is 17.1 Å². The minimum absolute atomic E-state index is 0.191. The summed E-state index contributed by atoms with van der Waals surface area (Å²) in [6.45, 7) is 3.37. The number of nitrogens with zero attached hydrogens (tertiary/aromatic N) is 3. The van der Waals surface area contributed by atoms with Gasteiger partial charge in [-0.1, -0.05) is 15.9 Å². The molecular weight excluding hydrogens is 332 g/mol. The standard InChI is InChI=1S/C11H13BrN4O2S/c1-7-11(8(2)16(3)14-7)19(17,18)15-10-6-9(12)4-5-13-10/h4-6H,1-3H3,(H,13,15). The zero-order chi connectivity index (χ0) is 14.2. The van der Waals surface area contributed by atoms with Crippen molar-refractivity contribution in [1.29, 1.82) is 0 Å². The van der Waals surface area contributed by atoms with Crippen molar-refractivity contribution in [3.8, 4) is 0 Å². The van der Waals surface area contributed by atoms with E-state index in [0.717, 1.165) is 4.47 Å². The van der Waals surface area contributed by atoms with E-state index in [2.05, 4.69) is 30.7 Å². The van der Waals surface area contributed by atoms with Crippen LogP contribution in [-0.4, -0.2) is 23.2 Å². The predicted molar refractivity (Wildman–Crippen MR) is 75.4 cm³/mol. The summed E-state index contributed by atoms with van der Waals surface area (Å²) in [7, 11) is -1.98. The molecule has 0 radical (unpaired) electrons. The molecule has 0 bridgehead atoms. The van der Waals surface area contributed by atoms with Crippen molar-refractivity contribution in [2.75, 3.05) is 4.72 Å². The summed E-state index contributed by atoms with van der Waals surface area (Å²) in [6, 6.07) is 3.32. The van der Waals surface area contributed by atoms with Crippen molar-refractivity contribution in [3.05, 3.63) is 34.2 Å². The number of sulfonamides is 1. The highest BCUT2D eigenvalue weighted by molar-refractivity contribution is 9.10. The second-order valence-electron chi connectivity index (χ2n) is 4.09. The monoisotopic (exact) mass is 344 g/mol. The van der Waals surface area contributed by atoms with Gasteiger partial charge in [-0.2, -0.15) is 5.10 Å². The van der Waals surface area contributed by atoms with Gasteiger partial charge in [0.25, 0.3) is 10.0 Å². The maximum absolute atomic E-state index is 12.3. The maximum atomic E-state index is 12.3. The zero-order valence-corrected chi connectivity index (χ0v) is 13.1. The number of aromatic nitrogens is 3. The first-order valence-electron chi connectivity index (χ1n) is 5.46. The van der Waals surface area contributed by atoms with Gasteiger partial charge in [0.15, 0.2) is 0 Å². The minimum Gasteiger partial charge on any atom is -0.271 e. The predicted octanol–water partition coefficient (Wildman–Crippen LogP) is 2.00. The summed E-state index contributed by atoms with van der Waals surface area (Å²) in [4.78, 5) is 4.16. The highest BCUT2D eigenvalue weighted by Gasteiger charge is 2.24. The Morgan fingerprint density at radius 3 is 2.58 bits per heavy atom. The van der Waals surface area contributed by atoms with Gasteiger partial charge >= 0.3 is 0 Å². The fourth-order valence-electron chi connectivity index (χ4n) is 1.79. The molecule has 0 fully saturated rings. The van der Waals surface area contributed by atoms with E-state index < -0.39 is 10.0 Å². The number of nitrogens with one attached hydrogen (secondary N) is 1. The second-order valence-corrected chi connectivity index (χ2v) is 6.62. The fourth-order valence-corrected chi connectivity index (χ4v) is 3.57. The van der Waals surface area contributed by atoms with Gasteiger partial charge in [0.1, 0.15) is 10.7 Å². The third-order valence-corrected chi connectivity index (χ3v) is 4.77. The molecule has 0 aliphatic rings. The molecule has 0 aliphatic carbocycles. The largest absolute Gasteiger partial charge is 0.271 e. The molecule has 0 amide bonds. The van der Waals surface area contributed by atoms with Crippen molar-refractivity contribution in [3.63, 3.8) is 0 Å². The highest BCUT2D eigenvalue weighted by Crippen LogP contribution is 2.22. The van der Waals surface area contributed by atoms with Crippen molar-refractivity contribution in [2.45, 2.75) is 18.7 Å². The fraction of sp³-hybridized carbons (Fsp3) is 0.273. The molecule has 0 saturated carbocycles. The smallest absolute Gasteiger partial charge is 0.266 e. The van der Waals surface area contributed by atoms with Crippen LogP contribution in [0.2, 0.25) is 0 Å². The molecule has 0 spiro atoms. The molecular formula is C11H13BrN4O2S. The Bertz CT molecular complexity index is 724. The van der Waals surface area contributed by atoms with Crippen LogP contribution < -0.4 is 4.72 Å². The zero-order valence-electron chi connectivity index (χ0n) is 10.7. The number of hydrogen-bond donors (Lipinski definition) is 1. The highest BCUT2D eigenvalue weighted by atomic mass is 79.9. The summed E-state index contributed by atoms with van der Waals surface area (Å²) >= 11 is 3.27. The van der Waals surface area contributed by atoms with Crippen molar-refractivity contribution in [1.82, 2.24) is 14.8 Å². The Morgan fingerprint density at radius 2 is 2.05 bits per heavy atom. The van der Waals surface area contributed by atoms with Crippen molar-refractivity contribution >= 4 is 31.8 Å². The van der Waals surface area contributed by atoms with Gasteiger partial charge in [-0.25, -0.2) is 13.4 Å². The molecule has 0 aliphatic heterocycles. The van der Waals surface area contributed by atoms with Crippen LogP contribution >= 0.6 is 15.9 Å². The van der Waals surface area contributed by atoms with E-state index in [1.54, 1.807) is 33.0 Å². The molecule has 2 aromatic rings. The number of rotatable bonds is 3. The second kappa shape index (κ2) is 4.93. The van der Waals surface area contributed by atoms with E-state index >= 15 is 0 Å². The van der Waals surface area contributed by atoms with Gasteiger partial charge in [0.05, 0.1) is 11.4 Å². The summed E-state index contributed by atoms with van der Waals surface area (Å²) < 4.78 is 29.4.